The van der Waals surface area contributed by atoms with Gasteiger partial charge in [0, 0.05) is 16.6 Å². The second-order valence-electron chi connectivity index (χ2n) is 4.95. The number of aromatic nitrogens is 1. The van der Waals surface area contributed by atoms with Crippen LogP contribution in [0.2, 0.25) is 0 Å². The molecule has 24 heavy (non-hydrogen) atoms. The van der Waals surface area contributed by atoms with Crippen LogP contribution in [0.25, 0.3) is 11.3 Å². The average Bonchev–Trinajstić information content (AvgIpc) is 3.04. The van der Waals surface area contributed by atoms with E-state index in [1.165, 1.54) is 23.5 Å². The summed E-state index contributed by atoms with van der Waals surface area (Å²) in [7, 11) is 0. The predicted octanol–water partition coefficient (Wildman–Crippen LogP) is 3.56. The summed E-state index contributed by atoms with van der Waals surface area (Å²) in [5.74, 6) is -0.230. The first-order valence-electron chi connectivity index (χ1n) is 7.10. The molecule has 3 rings (SSSR count). The van der Waals surface area contributed by atoms with Gasteiger partial charge in [-0.3, -0.25) is 4.79 Å². The number of hydrogen-bond acceptors (Lipinski definition) is 5. The lowest BCUT2D eigenvalue weighted by Crippen LogP contribution is -2.19. The summed E-state index contributed by atoms with van der Waals surface area (Å²) < 4.78 is 18.1. The van der Waals surface area contributed by atoms with Crippen molar-refractivity contribution in [1.29, 1.82) is 0 Å². The number of hydrogen-bond donors (Lipinski definition) is 2. The molecule has 0 spiro atoms. The molecule has 3 N–H and O–H groups in total. The summed E-state index contributed by atoms with van der Waals surface area (Å²) >= 11 is 1.45. The van der Waals surface area contributed by atoms with Gasteiger partial charge in [-0.25, -0.2) is 9.37 Å². The van der Waals surface area contributed by atoms with Crippen LogP contribution in [0.5, 0.6) is 5.75 Å². The van der Waals surface area contributed by atoms with Gasteiger partial charge in [-0.15, -0.1) is 11.3 Å². The van der Waals surface area contributed by atoms with Crippen molar-refractivity contribution in [2.45, 2.75) is 0 Å². The number of benzene rings is 2. The van der Waals surface area contributed by atoms with Gasteiger partial charge in [-0.05, 0) is 48.5 Å². The first kappa shape index (κ1) is 15.9. The number of anilines is 2. The summed E-state index contributed by atoms with van der Waals surface area (Å²) in [5, 5.41) is 5.77. The lowest BCUT2D eigenvalue weighted by molar-refractivity contribution is -0.119. The summed E-state index contributed by atoms with van der Waals surface area (Å²) in [6, 6.07) is 13.3. The number of nitrogens with zero attached hydrogens (tertiary/aromatic N) is 1. The van der Waals surface area contributed by atoms with Crippen molar-refractivity contribution < 1.29 is 13.9 Å². The Morgan fingerprint density at radius 2 is 1.88 bits per heavy atom. The Kier molecular flexibility index (Phi) is 4.72. The highest BCUT2D eigenvalue weighted by Crippen LogP contribution is 2.28. The number of primary amides is 1. The van der Waals surface area contributed by atoms with Crippen LogP contribution in [0.1, 0.15) is 0 Å². The average molecular weight is 343 g/mol. The quantitative estimate of drug-likeness (QED) is 0.717. The minimum atomic E-state index is -0.518. The Morgan fingerprint density at radius 3 is 2.54 bits per heavy atom. The lowest BCUT2D eigenvalue weighted by atomic mass is 10.2. The molecule has 7 heteroatoms. The number of ether oxygens (including phenoxy) is 1. The topological polar surface area (TPSA) is 77.2 Å². The van der Waals surface area contributed by atoms with Gasteiger partial charge in [0.05, 0.1) is 5.69 Å². The maximum Gasteiger partial charge on any atom is 0.255 e. The van der Waals surface area contributed by atoms with Crippen molar-refractivity contribution in [3.05, 3.63) is 59.7 Å². The molecule has 5 nitrogen and oxygen atoms in total. The molecule has 122 valence electrons. The molecule has 0 saturated heterocycles. The third kappa shape index (κ3) is 4.08. The molecule has 0 aliphatic rings. The van der Waals surface area contributed by atoms with Gasteiger partial charge in [0.25, 0.3) is 5.91 Å². The van der Waals surface area contributed by atoms with Gasteiger partial charge < -0.3 is 15.8 Å². The smallest absolute Gasteiger partial charge is 0.255 e. The normalized spacial score (nSPS) is 10.4. The molecule has 0 atom stereocenters. The highest BCUT2D eigenvalue weighted by molar-refractivity contribution is 7.14. The maximum atomic E-state index is 12.9. The van der Waals surface area contributed by atoms with Gasteiger partial charge in [-0.1, -0.05) is 0 Å². The summed E-state index contributed by atoms with van der Waals surface area (Å²) in [6.45, 7) is -0.151. The minimum absolute atomic E-state index is 0.151. The zero-order valence-corrected chi connectivity index (χ0v) is 13.3. The molecular weight excluding hydrogens is 329 g/mol. The second kappa shape index (κ2) is 7.10. The van der Waals surface area contributed by atoms with Crippen LogP contribution >= 0.6 is 11.3 Å². The highest BCUT2D eigenvalue weighted by atomic mass is 32.1. The number of nitrogens with one attached hydrogen (secondary N) is 1. The lowest BCUT2D eigenvalue weighted by Gasteiger charge is -2.04. The molecule has 1 aromatic heterocycles. The second-order valence-corrected chi connectivity index (χ2v) is 5.81. The molecule has 0 aliphatic carbocycles. The SMILES string of the molecule is NC(=O)COc1ccc(-c2csc(Nc3ccc(F)cc3)n2)cc1. The molecule has 3 aromatic rings. The molecule has 1 heterocycles. The molecule has 0 radical (unpaired) electrons. The van der Waals surface area contributed by atoms with Crippen molar-refractivity contribution in [1.82, 2.24) is 4.98 Å². The Balaban J connectivity index is 1.68. The number of halogens is 1. The Labute approximate surface area is 141 Å². The standard InChI is InChI=1S/C17H14FN3O2S/c18-12-3-5-13(6-4-12)20-17-21-15(10-24-17)11-1-7-14(8-2-11)23-9-16(19)22/h1-8,10H,9H2,(H2,19,22)(H,20,21). The number of nitrogens with two attached hydrogens (primary N) is 1. The fourth-order valence-electron chi connectivity index (χ4n) is 2.00. The van der Waals surface area contributed by atoms with E-state index in [9.17, 15) is 9.18 Å². The van der Waals surface area contributed by atoms with Crippen molar-refractivity contribution in [3.63, 3.8) is 0 Å². The maximum absolute atomic E-state index is 12.9. The molecule has 1 amide bonds. The number of rotatable bonds is 6. The van der Waals surface area contributed by atoms with Gasteiger partial charge in [0.15, 0.2) is 11.7 Å². The van der Waals surface area contributed by atoms with Crippen molar-refractivity contribution in [3.8, 4) is 17.0 Å². The fraction of sp³-hybridized carbons (Fsp3) is 0.0588. The van der Waals surface area contributed by atoms with Crippen LogP contribution in [0, 0.1) is 5.82 Å². The molecule has 2 aromatic carbocycles. The minimum Gasteiger partial charge on any atom is -0.484 e. The van der Waals surface area contributed by atoms with E-state index in [1.54, 1.807) is 24.3 Å². The Bertz CT molecular complexity index is 832. The van der Waals surface area contributed by atoms with Crippen molar-refractivity contribution in [2.75, 3.05) is 11.9 Å². The summed E-state index contributed by atoms with van der Waals surface area (Å²) in [5.41, 5.74) is 7.54. The van der Waals surface area contributed by atoms with E-state index in [1.807, 2.05) is 17.5 Å². The van der Waals surface area contributed by atoms with E-state index in [0.29, 0.717) is 10.9 Å². The van der Waals surface area contributed by atoms with E-state index in [2.05, 4.69) is 10.3 Å². The highest BCUT2D eigenvalue weighted by Gasteiger charge is 2.06. The first-order valence-corrected chi connectivity index (χ1v) is 7.98. The van der Waals surface area contributed by atoms with Gasteiger partial charge in [0.1, 0.15) is 11.6 Å². The van der Waals surface area contributed by atoms with Crippen molar-refractivity contribution >= 4 is 28.1 Å². The monoisotopic (exact) mass is 343 g/mol. The largest absolute Gasteiger partial charge is 0.484 e. The van der Waals surface area contributed by atoms with E-state index < -0.39 is 5.91 Å². The fourth-order valence-corrected chi connectivity index (χ4v) is 2.74. The van der Waals surface area contributed by atoms with E-state index >= 15 is 0 Å². The van der Waals surface area contributed by atoms with Crippen molar-refractivity contribution in [2.24, 2.45) is 5.73 Å². The third-order valence-corrected chi connectivity index (χ3v) is 3.89. The number of carbonyl (C=O) groups excluding carboxylic acids is 1. The van der Waals surface area contributed by atoms with Gasteiger partial charge in [-0.2, -0.15) is 0 Å². The number of carbonyl (C=O) groups is 1. The Hall–Kier alpha value is -2.93. The van der Waals surface area contributed by atoms with Crippen LogP contribution in [-0.4, -0.2) is 17.5 Å². The third-order valence-electron chi connectivity index (χ3n) is 3.13. The zero-order valence-electron chi connectivity index (χ0n) is 12.5. The Morgan fingerprint density at radius 1 is 1.17 bits per heavy atom. The van der Waals surface area contributed by atoms with Crippen LogP contribution in [0.15, 0.2) is 53.9 Å². The molecule has 0 aliphatic heterocycles. The molecule has 0 saturated carbocycles. The number of amides is 1. The van der Waals surface area contributed by atoms with Gasteiger partial charge >= 0.3 is 0 Å². The summed E-state index contributed by atoms with van der Waals surface area (Å²) in [4.78, 5) is 15.2. The van der Waals surface area contributed by atoms with E-state index in [-0.39, 0.29) is 12.4 Å². The van der Waals surface area contributed by atoms with Gasteiger partial charge in [0.2, 0.25) is 0 Å². The van der Waals surface area contributed by atoms with E-state index in [4.69, 9.17) is 10.5 Å². The predicted molar refractivity (Wildman–Crippen MR) is 91.9 cm³/mol. The zero-order chi connectivity index (χ0) is 16.9. The number of thiazole rings is 1. The molecule has 0 bridgehead atoms. The molecule has 0 fully saturated rings. The van der Waals surface area contributed by atoms with E-state index in [0.717, 1.165) is 16.9 Å². The van der Waals surface area contributed by atoms with Crippen LogP contribution in [0.4, 0.5) is 15.2 Å². The summed E-state index contributed by atoms with van der Waals surface area (Å²) in [6.07, 6.45) is 0. The molecule has 0 unspecified atom stereocenters. The molecular formula is C17H14FN3O2S. The van der Waals surface area contributed by atoms with Crippen LogP contribution in [0.3, 0.4) is 0 Å². The van der Waals surface area contributed by atoms with Crippen LogP contribution < -0.4 is 15.8 Å². The van der Waals surface area contributed by atoms with Crippen LogP contribution in [-0.2, 0) is 4.79 Å². The first-order chi connectivity index (χ1) is 11.6.